The Labute approximate surface area is 141 Å². The van der Waals surface area contributed by atoms with Crippen LogP contribution in [-0.2, 0) is 23.9 Å². The van der Waals surface area contributed by atoms with Gasteiger partial charge in [-0.05, 0) is 29.8 Å². The summed E-state index contributed by atoms with van der Waals surface area (Å²) in [5.74, 6) is -0.193. The first kappa shape index (κ1) is 16.8. The maximum Gasteiger partial charge on any atom is 0.416 e. The summed E-state index contributed by atoms with van der Waals surface area (Å²) in [7, 11) is 0. The molecule has 3 amide bonds. The Balaban J connectivity index is 1.90. The van der Waals surface area contributed by atoms with E-state index < -0.39 is 17.8 Å². The van der Waals surface area contributed by atoms with Crippen LogP contribution in [0, 0.1) is 0 Å². The van der Waals surface area contributed by atoms with Gasteiger partial charge in [0.25, 0.3) is 0 Å². The SMILES string of the molecule is NC(=O)N(Cc1ccc(C(F)(F)F)cc1)c1cccc2c1CC(=O)N2. The highest BCUT2D eigenvalue weighted by atomic mass is 19.4. The van der Waals surface area contributed by atoms with Crippen molar-refractivity contribution in [2.24, 2.45) is 5.73 Å². The van der Waals surface area contributed by atoms with Crippen LogP contribution < -0.4 is 16.0 Å². The van der Waals surface area contributed by atoms with E-state index in [1.54, 1.807) is 18.2 Å². The third kappa shape index (κ3) is 3.42. The normalized spacial score (nSPS) is 13.3. The second-order valence-electron chi connectivity index (χ2n) is 5.65. The Kier molecular flexibility index (Phi) is 4.12. The third-order valence-corrected chi connectivity index (χ3v) is 3.94. The van der Waals surface area contributed by atoms with Crippen molar-refractivity contribution in [2.45, 2.75) is 19.1 Å². The van der Waals surface area contributed by atoms with Gasteiger partial charge in [0.15, 0.2) is 0 Å². The number of nitrogens with zero attached hydrogens (tertiary/aromatic N) is 1. The van der Waals surface area contributed by atoms with Crippen LogP contribution in [0.15, 0.2) is 42.5 Å². The van der Waals surface area contributed by atoms with Crippen LogP contribution >= 0.6 is 0 Å². The highest BCUT2D eigenvalue weighted by Gasteiger charge is 2.30. The van der Waals surface area contributed by atoms with Gasteiger partial charge in [0.2, 0.25) is 5.91 Å². The molecule has 130 valence electrons. The lowest BCUT2D eigenvalue weighted by Gasteiger charge is -2.23. The van der Waals surface area contributed by atoms with E-state index in [0.717, 1.165) is 12.1 Å². The molecule has 0 saturated heterocycles. The number of urea groups is 1. The van der Waals surface area contributed by atoms with Gasteiger partial charge in [-0.3, -0.25) is 9.69 Å². The van der Waals surface area contributed by atoms with Gasteiger partial charge in [-0.25, -0.2) is 4.79 Å². The number of nitrogens with one attached hydrogen (secondary N) is 1. The summed E-state index contributed by atoms with van der Waals surface area (Å²) < 4.78 is 37.9. The van der Waals surface area contributed by atoms with Gasteiger partial charge in [0.05, 0.1) is 24.2 Å². The first-order valence-corrected chi connectivity index (χ1v) is 7.40. The van der Waals surface area contributed by atoms with Crippen molar-refractivity contribution in [3.63, 3.8) is 0 Å². The molecule has 8 heteroatoms. The number of nitrogens with two attached hydrogens (primary N) is 1. The van der Waals surface area contributed by atoms with Crippen molar-refractivity contribution in [3.05, 3.63) is 59.2 Å². The molecule has 0 saturated carbocycles. The average Bonchev–Trinajstić information content (AvgIpc) is 2.92. The summed E-state index contributed by atoms with van der Waals surface area (Å²) in [6.45, 7) is -0.00187. The molecule has 1 heterocycles. The standard InChI is InChI=1S/C17H14F3N3O2/c18-17(19,20)11-6-4-10(5-7-11)9-23(16(21)25)14-3-1-2-13-12(14)8-15(24)22-13/h1-7H,8-9H2,(H2,21,25)(H,22,24). The van der Waals surface area contributed by atoms with Gasteiger partial charge >= 0.3 is 12.2 Å². The van der Waals surface area contributed by atoms with Crippen molar-refractivity contribution >= 4 is 23.3 Å². The zero-order valence-electron chi connectivity index (χ0n) is 12.9. The number of hydrogen-bond donors (Lipinski definition) is 2. The van der Waals surface area contributed by atoms with Gasteiger partial charge in [0.1, 0.15) is 0 Å². The summed E-state index contributed by atoms with van der Waals surface area (Å²) >= 11 is 0. The molecule has 0 spiro atoms. The third-order valence-electron chi connectivity index (χ3n) is 3.94. The predicted molar refractivity (Wildman–Crippen MR) is 86.0 cm³/mol. The van der Waals surface area contributed by atoms with Crippen molar-refractivity contribution in [2.75, 3.05) is 10.2 Å². The minimum absolute atomic E-state index is 0.00187. The number of primary amides is 1. The van der Waals surface area contributed by atoms with Crippen LogP contribution in [0.2, 0.25) is 0 Å². The number of halogens is 3. The number of benzene rings is 2. The maximum atomic E-state index is 12.6. The lowest BCUT2D eigenvalue weighted by Crippen LogP contribution is -2.35. The van der Waals surface area contributed by atoms with Crippen molar-refractivity contribution in [1.82, 2.24) is 0 Å². The van der Waals surface area contributed by atoms with Crippen LogP contribution in [0.3, 0.4) is 0 Å². The number of amides is 3. The largest absolute Gasteiger partial charge is 0.416 e. The zero-order valence-corrected chi connectivity index (χ0v) is 12.9. The highest BCUT2D eigenvalue weighted by molar-refractivity contribution is 6.03. The molecule has 0 radical (unpaired) electrons. The smallest absolute Gasteiger partial charge is 0.351 e. The fourth-order valence-corrected chi connectivity index (χ4v) is 2.75. The summed E-state index contributed by atoms with van der Waals surface area (Å²) in [6.07, 6.45) is -4.31. The number of anilines is 2. The molecule has 1 aliphatic rings. The number of carbonyl (C=O) groups excluding carboxylic acids is 2. The van der Waals surface area contributed by atoms with Gasteiger partial charge in [-0.2, -0.15) is 13.2 Å². The summed E-state index contributed by atoms with van der Waals surface area (Å²) in [6, 6.07) is 8.77. The highest BCUT2D eigenvalue weighted by Crippen LogP contribution is 2.33. The quantitative estimate of drug-likeness (QED) is 0.892. The second-order valence-corrected chi connectivity index (χ2v) is 5.65. The molecule has 2 aromatic rings. The number of carbonyl (C=O) groups is 2. The van der Waals surface area contributed by atoms with Gasteiger partial charge in [0, 0.05) is 11.3 Å². The van der Waals surface area contributed by atoms with Crippen LogP contribution in [0.1, 0.15) is 16.7 Å². The Morgan fingerprint density at radius 2 is 1.84 bits per heavy atom. The minimum Gasteiger partial charge on any atom is -0.351 e. The van der Waals surface area contributed by atoms with E-state index in [9.17, 15) is 22.8 Å². The molecule has 0 atom stereocenters. The molecular formula is C17H14F3N3O2. The van der Waals surface area contributed by atoms with Crippen LogP contribution in [-0.4, -0.2) is 11.9 Å². The van der Waals surface area contributed by atoms with Crippen molar-refractivity contribution in [3.8, 4) is 0 Å². The fraction of sp³-hybridized carbons (Fsp3) is 0.176. The van der Waals surface area contributed by atoms with Gasteiger partial charge in [-0.15, -0.1) is 0 Å². The first-order valence-electron chi connectivity index (χ1n) is 7.40. The van der Waals surface area contributed by atoms with E-state index in [-0.39, 0.29) is 18.9 Å². The van der Waals surface area contributed by atoms with Crippen molar-refractivity contribution < 1.29 is 22.8 Å². The second kappa shape index (κ2) is 6.12. The van der Waals surface area contributed by atoms with E-state index in [2.05, 4.69) is 5.32 Å². The molecule has 1 aliphatic heterocycles. The molecular weight excluding hydrogens is 335 g/mol. The molecule has 0 aromatic heterocycles. The summed E-state index contributed by atoms with van der Waals surface area (Å²) in [5, 5.41) is 2.68. The van der Waals surface area contributed by atoms with E-state index in [1.165, 1.54) is 17.0 Å². The Hall–Kier alpha value is -3.03. The van der Waals surface area contributed by atoms with Gasteiger partial charge < -0.3 is 11.1 Å². The van der Waals surface area contributed by atoms with Crippen LogP contribution in [0.5, 0.6) is 0 Å². The molecule has 0 unspecified atom stereocenters. The molecule has 0 bridgehead atoms. The molecule has 25 heavy (non-hydrogen) atoms. The Morgan fingerprint density at radius 3 is 2.44 bits per heavy atom. The molecule has 2 aromatic carbocycles. The lowest BCUT2D eigenvalue weighted by molar-refractivity contribution is -0.137. The topological polar surface area (TPSA) is 75.4 Å². The number of alkyl halides is 3. The molecule has 5 nitrogen and oxygen atoms in total. The van der Waals surface area contributed by atoms with E-state index in [4.69, 9.17) is 5.73 Å². The monoisotopic (exact) mass is 349 g/mol. The number of fused-ring (bicyclic) bond motifs is 1. The summed E-state index contributed by atoms with van der Waals surface area (Å²) in [5.41, 5.74) is 6.86. The molecule has 3 rings (SSSR count). The van der Waals surface area contributed by atoms with Gasteiger partial charge in [-0.1, -0.05) is 18.2 Å². The Bertz CT molecular complexity index is 832. The van der Waals surface area contributed by atoms with Crippen LogP contribution in [0.25, 0.3) is 0 Å². The molecule has 0 aliphatic carbocycles. The predicted octanol–water partition coefficient (Wildman–Crippen LogP) is 3.29. The zero-order chi connectivity index (χ0) is 18.2. The van der Waals surface area contributed by atoms with E-state index >= 15 is 0 Å². The minimum atomic E-state index is -4.42. The molecule has 0 fully saturated rings. The maximum absolute atomic E-state index is 12.6. The fourth-order valence-electron chi connectivity index (χ4n) is 2.75. The number of rotatable bonds is 3. The number of hydrogen-bond acceptors (Lipinski definition) is 2. The van der Waals surface area contributed by atoms with E-state index in [1.807, 2.05) is 0 Å². The first-order chi connectivity index (χ1) is 11.8. The van der Waals surface area contributed by atoms with E-state index in [0.29, 0.717) is 22.5 Å². The van der Waals surface area contributed by atoms with Crippen LogP contribution in [0.4, 0.5) is 29.3 Å². The lowest BCUT2D eigenvalue weighted by atomic mass is 10.1. The average molecular weight is 349 g/mol. The Morgan fingerprint density at radius 1 is 1.16 bits per heavy atom. The molecule has 3 N–H and O–H groups in total. The van der Waals surface area contributed by atoms with Crippen molar-refractivity contribution in [1.29, 1.82) is 0 Å². The summed E-state index contributed by atoms with van der Waals surface area (Å²) in [4.78, 5) is 24.7.